The maximum Gasteiger partial charge on any atom is 0.0257 e. The Kier molecular flexibility index (Phi) is 5.88. The van der Waals surface area contributed by atoms with Crippen LogP contribution in [-0.4, -0.2) is 70.6 Å². The lowest BCUT2D eigenvalue weighted by molar-refractivity contribution is -0.0452. The highest BCUT2D eigenvalue weighted by Gasteiger charge is 2.42. The fourth-order valence-electron chi connectivity index (χ4n) is 5.66. The lowest BCUT2D eigenvalue weighted by atomic mass is 9.83. The predicted octanol–water partition coefficient (Wildman–Crippen LogP) is 4.22. The molecule has 0 aliphatic carbocycles. The molecule has 0 aromatic rings. The molecule has 0 bridgehead atoms. The zero-order valence-electron chi connectivity index (χ0n) is 17.9. The van der Waals surface area contributed by atoms with Gasteiger partial charge in [0.05, 0.1) is 0 Å². The quantitative estimate of drug-likeness (QED) is 0.739. The molecular formula is C22H43N3. The van der Waals surface area contributed by atoms with E-state index in [0.29, 0.717) is 11.1 Å². The summed E-state index contributed by atoms with van der Waals surface area (Å²) in [7, 11) is 0. The third-order valence-electron chi connectivity index (χ3n) is 7.08. The summed E-state index contributed by atoms with van der Waals surface area (Å²) in [6.07, 6.45) is 8.42. The van der Waals surface area contributed by atoms with Gasteiger partial charge in [0.1, 0.15) is 0 Å². The minimum Gasteiger partial charge on any atom is -0.299 e. The summed E-state index contributed by atoms with van der Waals surface area (Å²) in [5.41, 5.74) is 0.669. The van der Waals surface area contributed by atoms with Crippen molar-refractivity contribution in [2.24, 2.45) is 5.92 Å². The van der Waals surface area contributed by atoms with Crippen molar-refractivity contribution in [3.63, 3.8) is 0 Å². The van der Waals surface area contributed by atoms with Crippen molar-refractivity contribution < 1.29 is 0 Å². The topological polar surface area (TPSA) is 9.72 Å². The molecule has 146 valence electrons. The number of likely N-dealkylation sites (tertiary alicyclic amines) is 3. The van der Waals surface area contributed by atoms with Crippen LogP contribution in [0.3, 0.4) is 0 Å². The maximum atomic E-state index is 2.91. The van der Waals surface area contributed by atoms with Gasteiger partial charge in [-0.2, -0.15) is 0 Å². The summed E-state index contributed by atoms with van der Waals surface area (Å²) in [5, 5.41) is 0. The zero-order chi connectivity index (χ0) is 18.2. The SMILES string of the molecule is CC(C)(C)N1CCC(CN2CCCC3C2CCCN3C(C)(C)C)CC1. The monoisotopic (exact) mass is 349 g/mol. The minimum absolute atomic E-state index is 0.324. The summed E-state index contributed by atoms with van der Waals surface area (Å²) in [6, 6.07) is 1.62. The summed E-state index contributed by atoms with van der Waals surface area (Å²) in [5.74, 6) is 0.919. The van der Waals surface area contributed by atoms with Crippen LogP contribution in [-0.2, 0) is 0 Å². The molecule has 0 radical (unpaired) electrons. The van der Waals surface area contributed by atoms with Gasteiger partial charge in [-0.25, -0.2) is 0 Å². The summed E-state index contributed by atoms with van der Waals surface area (Å²) in [6.45, 7) is 20.9. The van der Waals surface area contributed by atoms with Gasteiger partial charge in [0, 0.05) is 29.7 Å². The molecule has 3 heteroatoms. The Balaban J connectivity index is 1.58. The second-order valence-electron chi connectivity index (χ2n) is 10.9. The largest absolute Gasteiger partial charge is 0.299 e. The van der Waals surface area contributed by atoms with Crippen LogP contribution in [0.25, 0.3) is 0 Å². The summed E-state index contributed by atoms with van der Waals surface area (Å²) < 4.78 is 0. The minimum atomic E-state index is 0.324. The molecule has 3 aliphatic rings. The fourth-order valence-corrected chi connectivity index (χ4v) is 5.66. The van der Waals surface area contributed by atoms with Gasteiger partial charge < -0.3 is 0 Å². The standard InChI is InChI=1S/C22H43N3/c1-21(2,3)24-15-11-18(12-16-24)17-23-13-7-10-20-19(23)9-8-14-25(20)22(4,5)6/h18-20H,7-17H2,1-6H3. The molecule has 0 aromatic heterocycles. The number of hydrogen-bond acceptors (Lipinski definition) is 3. The molecule has 25 heavy (non-hydrogen) atoms. The van der Waals surface area contributed by atoms with Gasteiger partial charge in [-0.1, -0.05) is 0 Å². The van der Waals surface area contributed by atoms with Crippen molar-refractivity contribution in [2.75, 3.05) is 32.7 Å². The number of hydrogen-bond donors (Lipinski definition) is 0. The molecule has 0 saturated carbocycles. The molecule has 0 aromatic carbocycles. The van der Waals surface area contributed by atoms with Crippen molar-refractivity contribution in [3.05, 3.63) is 0 Å². The van der Waals surface area contributed by atoms with Crippen LogP contribution >= 0.6 is 0 Å². The van der Waals surface area contributed by atoms with Crippen LogP contribution < -0.4 is 0 Å². The molecule has 2 atom stereocenters. The third kappa shape index (κ3) is 4.59. The highest BCUT2D eigenvalue weighted by Crippen LogP contribution is 2.35. The van der Waals surface area contributed by atoms with E-state index >= 15 is 0 Å². The number of piperidine rings is 3. The first-order valence-electron chi connectivity index (χ1n) is 10.9. The Bertz CT molecular complexity index is 426. The van der Waals surface area contributed by atoms with Crippen LogP contribution in [0, 0.1) is 5.92 Å². The molecule has 3 aliphatic heterocycles. The average molecular weight is 350 g/mol. The fraction of sp³-hybridized carbons (Fsp3) is 1.00. The van der Waals surface area contributed by atoms with Crippen molar-refractivity contribution in [3.8, 4) is 0 Å². The Morgan fingerprint density at radius 1 is 0.680 bits per heavy atom. The van der Waals surface area contributed by atoms with Crippen molar-refractivity contribution in [1.82, 2.24) is 14.7 Å². The van der Waals surface area contributed by atoms with Crippen LogP contribution in [0.2, 0.25) is 0 Å². The second kappa shape index (κ2) is 7.48. The summed E-state index contributed by atoms with van der Waals surface area (Å²) in [4.78, 5) is 8.42. The zero-order valence-corrected chi connectivity index (χ0v) is 17.9. The van der Waals surface area contributed by atoms with Gasteiger partial charge in [0.25, 0.3) is 0 Å². The van der Waals surface area contributed by atoms with Gasteiger partial charge in [-0.05, 0) is 112 Å². The van der Waals surface area contributed by atoms with Gasteiger partial charge in [0.2, 0.25) is 0 Å². The molecule has 0 amide bonds. The highest BCUT2D eigenvalue weighted by atomic mass is 15.3. The first kappa shape index (κ1) is 19.6. The third-order valence-corrected chi connectivity index (χ3v) is 7.08. The Morgan fingerprint density at radius 2 is 1.28 bits per heavy atom. The van der Waals surface area contributed by atoms with E-state index in [1.807, 2.05) is 0 Å². The first-order valence-corrected chi connectivity index (χ1v) is 10.9. The van der Waals surface area contributed by atoms with Gasteiger partial charge in [-0.3, -0.25) is 14.7 Å². The Hall–Kier alpha value is -0.120. The van der Waals surface area contributed by atoms with Crippen LogP contribution in [0.1, 0.15) is 80.1 Å². The molecular weight excluding hydrogens is 306 g/mol. The van der Waals surface area contributed by atoms with E-state index in [9.17, 15) is 0 Å². The first-order chi connectivity index (χ1) is 11.7. The van der Waals surface area contributed by atoms with Gasteiger partial charge >= 0.3 is 0 Å². The lowest BCUT2D eigenvalue weighted by Crippen LogP contribution is -2.63. The molecule has 3 fully saturated rings. The Labute approximate surface area is 157 Å². The van der Waals surface area contributed by atoms with Crippen molar-refractivity contribution in [2.45, 2.75) is 103 Å². The van der Waals surface area contributed by atoms with Crippen molar-refractivity contribution in [1.29, 1.82) is 0 Å². The van der Waals surface area contributed by atoms with Gasteiger partial charge in [-0.15, -0.1) is 0 Å². The van der Waals surface area contributed by atoms with E-state index in [1.54, 1.807) is 0 Å². The van der Waals surface area contributed by atoms with Gasteiger partial charge in [0.15, 0.2) is 0 Å². The molecule has 0 N–H and O–H groups in total. The molecule has 3 nitrogen and oxygen atoms in total. The molecule has 2 unspecified atom stereocenters. The number of rotatable bonds is 2. The van der Waals surface area contributed by atoms with Crippen molar-refractivity contribution >= 4 is 0 Å². The lowest BCUT2D eigenvalue weighted by Gasteiger charge is -2.54. The molecule has 3 rings (SSSR count). The number of nitrogens with zero attached hydrogens (tertiary/aromatic N) is 3. The second-order valence-corrected chi connectivity index (χ2v) is 10.9. The highest BCUT2D eigenvalue weighted by molar-refractivity contribution is 4.98. The van der Waals surface area contributed by atoms with E-state index in [0.717, 1.165) is 18.0 Å². The Morgan fingerprint density at radius 3 is 1.88 bits per heavy atom. The molecule has 3 heterocycles. The van der Waals surface area contributed by atoms with Crippen LogP contribution in [0.4, 0.5) is 0 Å². The van der Waals surface area contributed by atoms with Crippen LogP contribution in [0.5, 0.6) is 0 Å². The number of fused-ring (bicyclic) bond motifs is 1. The van der Waals surface area contributed by atoms with E-state index in [-0.39, 0.29) is 0 Å². The predicted molar refractivity (Wildman–Crippen MR) is 108 cm³/mol. The maximum absolute atomic E-state index is 2.91. The van der Waals surface area contributed by atoms with E-state index in [4.69, 9.17) is 0 Å². The molecule has 3 saturated heterocycles. The van der Waals surface area contributed by atoms with E-state index in [1.165, 1.54) is 71.2 Å². The average Bonchev–Trinajstić information content (AvgIpc) is 2.53. The summed E-state index contributed by atoms with van der Waals surface area (Å²) >= 11 is 0. The smallest absolute Gasteiger partial charge is 0.0257 e. The van der Waals surface area contributed by atoms with E-state index < -0.39 is 0 Å². The normalized spacial score (nSPS) is 31.9. The van der Waals surface area contributed by atoms with E-state index in [2.05, 4.69) is 56.2 Å². The van der Waals surface area contributed by atoms with Crippen LogP contribution in [0.15, 0.2) is 0 Å². The molecule has 0 spiro atoms.